The molecule has 0 spiro atoms. The highest BCUT2D eigenvalue weighted by atomic mass is 31.2. The Balaban J connectivity index is 4.55. The number of hydrogen-bond acceptors (Lipinski definition) is 8. The van der Waals surface area contributed by atoms with E-state index in [-0.39, 0.29) is 26.1 Å². The summed E-state index contributed by atoms with van der Waals surface area (Å²) in [5.74, 6) is -0.956. The van der Waals surface area contributed by atoms with E-state index in [1.807, 2.05) is 27.2 Å². The molecule has 338 valence electrons. The summed E-state index contributed by atoms with van der Waals surface area (Å²) >= 11 is 0. The van der Waals surface area contributed by atoms with E-state index in [1.54, 1.807) is 0 Å². The minimum Gasteiger partial charge on any atom is -0.756 e. The van der Waals surface area contributed by atoms with Crippen LogP contribution in [0.4, 0.5) is 0 Å². The van der Waals surface area contributed by atoms with Crippen LogP contribution in [0.5, 0.6) is 0 Å². The lowest BCUT2D eigenvalue weighted by Crippen LogP contribution is -2.37. The average Bonchev–Trinajstić information content (AvgIpc) is 3.20. The summed E-state index contributed by atoms with van der Waals surface area (Å²) in [6.07, 6.45) is 56.6. The zero-order chi connectivity index (χ0) is 44.3. The van der Waals surface area contributed by atoms with Crippen LogP contribution in [0.15, 0.2) is 122 Å². The first kappa shape index (κ1) is 56.4. The maximum absolute atomic E-state index is 12.7. The smallest absolute Gasteiger partial charge is 0.306 e. The van der Waals surface area contributed by atoms with E-state index in [2.05, 4.69) is 129 Å². The molecule has 0 N–H and O–H groups in total. The molecule has 9 nitrogen and oxygen atoms in total. The molecule has 2 atom stereocenters. The van der Waals surface area contributed by atoms with Gasteiger partial charge in [-0.15, -0.1) is 0 Å². The van der Waals surface area contributed by atoms with Crippen LogP contribution in [-0.2, 0) is 32.7 Å². The van der Waals surface area contributed by atoms with E-state index in [0.29, 0.717) is 23.9 Å². The molecule has 60 heavy (non-hydrogen) atoms. The molecule has 0 aliphatic rings. The lowest BCUT2D eigenvalue weighted by Gasteiger charge is -2.28. The van der Waals surface area contributed by atoms with Crippen LogP contribution in [-0.4, -0.2) is 70.0 Å². The summed E-state index contributed by atoms with van der Waals surface area (Å²) in [6, 6.07) is 0. The number of quaternary nitrogens is 1. The summed E-state index contributed by atoms with van der Waals surface area (Å²) in [4.78, 5) is 37.5. The molecular formula is C50H80NO8P. The van der Waals surface area contributed by atoms with E-state index in [9.17, 15) is 19.0 Å². The van der Waals surface area contributed by atoms with Crippen LogP contribution in [0.25, 0.3) is 0 Å². The Bertz CT molecular complexity index is 1430. The van der Waals surface area contributed by atoms with Crippen molar-refractivity contribution in [2.45, 2.75) is 136 Å². The van der Waals surface area contributed by atoms with E-state index < -0.39 is 32.5 Å². The van der Waals surface area contributed by atoms with Gasteiger partial charge in [0.2, 0.25) is 0 Å². The van der Waals surface area contributed by atoms with Crippen LogP contribution in [0.1, 0.15) is 129 Å². The predicted octanol–water partition coefficient (Wildman–Crippen LogP) is 12.3. The minimum absolute atomic E-state index is 0.0543. The Kier molecular flexibility index (Phi) is 38.4. The van der Waals surface area contributed by atoms with Crippen LogP contribution in [0, 0.1) is 0 Å². The molecule has 0 amide bonds. The predicted molar refractivity (Wildman–Crippen MR) is 249 cm³/mol. The van der Waals surface area contributed by atoms with Crippen LogP contribution < -0.4 is 4.89 Å². The molecule has 0 rings (SSSR count). The van der Waals surface area contributed by atoms with Gasteiger partial charge in [0, 0.05) is 12.8 Å². The van der Waals surface area contributed by atoms with Crippen molar-refractivity contribution < 1.29 is 42.1 Å². The molecule has 10 heteroatoms. The van der Waals surface area contributed by atoms with Crippen LogP contribution in [0.3, 0.4) is 0 Å². The number of esters is 2. The second-order valence-electron chi connectivity index (χ2n) is 15.3. The number of likely N-dealkylation sites (N-methyl/N-ethyl adjacent to an activating group) is 1. The molecule has 0 aromatic rings. The largest absolute Gasteiger partial charge is 0.756 e. The Morgan fingerprint density at radius 2 is 0.917 bits per heavy atom. The number of rotatable bonds is 38. The maximum atomic E-state index is 12.7. The van der Waals surface area contributed by atoms with Gasteiger partial charge in [-0.3, -0.25) is 14.2 Å². The molecule has 1 unspecified atom stereocenters. The molecular weight excluding hydrogens is 774 g/mol. The molecule has 0 bridgehead atoms. The minimum atomic E-state index is -4.66. The second kappa shape index (κ2) is 40.8. The van der Waals surface area contributed by atoms with Crippen molar-refractivity contribution in [3.63, 3.8) is 0 Å². The number of phosphoric acid groups is 1. The van der Waals surface area contributed by atoms with Crippen LogP contribution >= 0.6 is 7.82 Å². The normalized spacial score (nSPS) is 14.7. The van der Waals surface area contributed by atoms with Crippen LogP contribution in [0.2, 0.25) is 0 Å². The molecule has 0 aromatic heterocycles. The van der Waals surface area contributed by atoms with Crippen molar-refractivity contribution in [1.29, 1.82) is 0 Å². The first-order valence-electron chi connectivity index (χ1n) is 22.2. The monoisotopic (exact) mass is 854 g/mol. The van der Waals surface area contributed by atoms with Crippen molar-refractivity contribution in [3.05, 3.63) is 122 Å². The Hall–Kier alpha value is -3.59. The van der Waals surface area contributed by atoms with Gasteiger partial charge in [-0.1, -0.05) is 142 Å². The molecule has 0 saturated heterocycles. The molecule has 0 radical (unpaired) electrons. The standard InChI is InChI=1S/C50H80NO8P/c1-6-8-10-12-14-16-18-20-22-24-25-27-29-31-33-35-37-39-41-43-50(53)59-48(47-58-60(54,55)57-45-44-51(3,4)5)46-56-49(52)42-40-38-36-34-32-30-28-26-23-21-19-17-15-13-11-9-7-2/h8-11,14-17,20-23,25,27-28,30-31,33-34,36,48H,6-7,12-13,18-19,24,26,29,32,35,37-47H2,1-5H3/b10-8+,11-9+,16-14+,17-15+,22-20+,23-21+,27-25+,30-28+,33-31+,36-34+/t48-/m1/s1. The molecule has 0 aromatic carbocycles. The third-order valence-corrected chi connectivity index (χ3v) is 9.44. The van der Waals surface area contributed by atoms with E-state index in [0.717, 1.165) is 89.9 Å². The highest BCUT2D eigenvalue weighted by molar-refractivity contribution is 7.45. The fraction of sp³-hybridized carbons (Fsp3) is 0.560. The van der Waals surface area contributed by atoms with Gasteiger partial charge in [0.25, 0.3) is 7.82 Å². The molecule has 0 heterocycles. The van der Waals surface area contributed by atoms with Crippen molar-refractivity contribution >= 4 is 19.8 Å². The zero-order valence-corrected chi connectivity index (χ0v) is 38.7. The van der Waals surface area contributed by atoms with Gasteiger partial charge >= 0.3 is 11.9 Å². The third-order valence-electron chi connectivity index (χ3n) is 8.48. The number of phosphoric ester groups is 1. The fourth-order valence-corrected chi connectivity index (χ4v) is 5.80. The van der Waals surface area contributed by atoms with Gasteiger partial charge in [-0.25, -0.2) is 0 Å². The number of hydrogen-bond donors (Lipinski definition) is 0. The Morgan fingerprint density at radius 1 is 0.517 bits per heavy atom. The number of carbonyl (C=O) groups is 2. The number of carbonyl (C=O) groups excluding carboxylic acids is 2. The first-order valence-corrected chi connectivity index (χ1v) is 23.7. The van der Waals surface area contributed by atoms with Gasteiger partial charge in [0.05, 0.1) is 27.7 Å². The van der Waals surface area contributed by atoms with Crippen molar-refractivity contribution in [1.82, 2.24) is 0 Å². The number of nitrogens with zero attached hydrogens (tertiary/aromatic N) is 1. The Labute approximate surface area is 365 Å². The highest BCUT2D eigenvalue weighted by Gasteiger charge is 2.21. The third kappa shape index (κ3) is 44.0. The summed E-state index contributed by atoms with van der Waals surface area (Å²) in [6.45, 7) is 3.85. The maximum Gasteiger partial charge on any atom is 0.306 e. The van der Waals surface area contributed by atoms with E-state index >= 15 is 0 Å². The van der Waals surface area contributed by atoms with Gasteiger partial charge in [0.1, 0.15) is 19.8 Å². The van der Waals surface area contributed by atoms with Gasteiger partial charge in [-0.2, -0.15) is 0 Å². The summed E-state index contributed by atoms with van der Waals surface area (Å²) < 4.78 is 33.8. The number of allylic oxidation sites excluding steroid dienone is 20. The SMILES string of the molecule is CC/C=C/C/C=C/C/C=C/C/C=C/C/C=C/CCCCCC(=O)O[C@H](COC(=O)CCC/C=C/C/C=C/C/C=C/C/C=C/C/C=C/CC)COP(=O)([O-])OCC[N+](C)(C)C. The number of ether oxygens (including phenoxy) is 2. The van der Waals surface area contributed by atoms with Crippen molar-refractivity contribution in [2.75, 3.05) is 47.5 Å². The average molecular weight is 854 g/mol. The molecule has 0 aliphatic heterocycles. The molecule has 0 saturated carbocycles. The van der Waals surface area contributed by atoms with Gasteiger partial charge in [-0.05, 0) is 96.3 Å². The lowest BCUT2D eigenvalue weighted by molar-refractivity contribution is -0.870. The lowest BCUT2D eigenvalue weighted by atomic mass is 10.1. The highest BCUT2D eigenvalue weighted by Crippen LogP contribution is 2.38. The molecule has 0 fully saturated rings. The summed E-state index contributed by atoms with van der Waals surface area (Å²) in [7, 11) is 1.09. The van der Waals surface area contributed by atoms with Gasteiger partial charge < -0.3 is 27.9 Å². The quantitative estimate of drug-likeness (QED) is 0.0198. The zero-order valence-electron chi connectivity index (χ0n) is 37.8. The number of unbranched alkanes of at least 4 members (excludes halogenated alkanes) is 4. The van der Waals surface area contributed by atoms with E-state index in [1.165, 1.54) is 0 Å². The van der Waals surface area contributed by atoms with Crippen molar-refractivity contribution in [3.8, 4) is 0 Å². The first-order chi connectivity index (χ1) is 29.0. The Morgan fingerprint density at radius 3 is 1.35 bits per heavy atom. The summed E-state index contributed by atoms with van der Waals surface area (Å²) in [5.41, 5.74) is 0. The second-order valence-corrected chi connectivity index (χ2v) is 16.7. The summed E-state index contributed by atoms with van der Waals surface area (Å²) in [5, 5.41) is 0. The topological polar surface area (TPSA) is 111 Å². The van der Waals surface area contributed by atoms with E-state index in [4.69, 9.17) is 18.5 Å². The van der Waals surface area contributed by atoms with Crippen molar-refractivity contribution in [2.24, 2.45) is 0 Å². The molecule has 0 aliphatic carbocycles. The van der Waals surface area contributed by atoms with Gasteiger partial charge in [0.15, 0.2) is 6.10 Å². The fourth-order valence-electron chi connectivity index (χ4n) is 5.07.